The molecule has 0 spiro atoms. The fourth-order valence-electron chi connectivity index (χ4n) is 3.10. The zero-order valence-electron chi connectivity index (χ0n) is 15.7. The van der Waals surface area contributed by atoms with Crippen LogP contribution >= 0.6 is 39.1 Å². The van der Waals surface area contributed by atoms with E-state index in [1.54, 1.807) is 18.2 Å². The first-order valence-electron chi connectivity index (χ1n) is 9.04. The number of methoxy groups -OCH3 is 1. The van der Waals surface area contributed by atoms with E-state index in [-0.39, 0.29) is 17.3 Å². The fraction of sp³-hybridized carbons (Fsp3) is 0.143. The summed E-state index contributed by atoms with van der Waals surface area (Å²) >= 11 is 16.0. The van der Waals surface area contributed by atoms with Crippen LogP contribution in [-0.4, -0.2) is 34.4 Å². The van der Waals surface area contributed by atoms with Gasteiger partial charge in [-0.1, -0.05) is 39.7 Å². The Morgan fingerprint density at radius 2 is 2.03 bits per heavy atom. The second-order valence-electron chi connectivity index (χ2n) is 6.62. The van der Waals surface area contributed by atoms with Gasteiger partial charge in [0, 0.05) is 21.3 Å². The van der Waals surface area contributed by atoms with Gasteiger partial charge < -0.3 is 20.4 Å². The maximum Gasteiger partial charge on any atom is 0.259 e. The van der Waals surface area contributed by atoms with Crippen LogP contribution in [0.15, 0.2) is 64.1 Å². The Kier molecular flexibility index (Phi) is 6.04. The van der Waals surface area contributed by atoms with Crippen molar-refractivity contribution in [3.8, 4) is 5.75 Å². The predicted octanol–water partition coefficient (Wildman–Crippen LogP) is 5.67. The first-order chi connectivity index (χ1) is 14.4. The number of nitrogens with one attached hydrogen (secondary N) is 3. The van der Waals surface area contributed by atoms with Gasteiger partial charge in [0.25, 0.3) is 5.91 Å². The van der Waals surface area contributed by atoms with Gasteiger partial charge in [0.2, 0.25) is 5.95 Å². The van der Waals surface area contributed by atoms with Gasteiger partial charge in [-0.05, 0) is 36.4 Å². The third-order valence-electron chi connectivity index (χ3n) is 4.61. The van der Waals surface area contributed by atoms with E-state index in [1.165, 1.54) is 7.11 Å². The average molecular weight is 508 g/mol. The second-order valence-corrected chi connectivity index (χ2v) is 8.48. The number of alkyl halides is 1. The van der Waals surface area contributed by atoms with Crippen molar-refractivity contribution in [1.29, 1.82) is 0 Å². The summed E-state index contributed by atoms with van der Waals surface area (Å²) in [5.41, 5.74) is 2.39. The third-order valence-corrected chi connectivity index (χ3v) is 5.90. The van der Waals surface area contributed by atoms with E-state index in [0.29, 0.717) is 39.0 Å². The van der Waals surface area contributed by atoms with Gasteiger partial charge in [-0.2, -0.15) is 0 Å². The number of allylic oxidation sites excluding steroid dienone is 2. The van der Waals surface area contributed by atoms with Crippen molar-refractivity contribution in [2.24, 2.45) is 0 Å². The summed E-state index contributed by atoms with van der Waals surface area (Å²) in [4.78, 5) is 20.5. The molecule has 0 saturated heterocycles. The number of anilines is 2. The number of benzene rings is 2. The summed E-state index contributed by atoms with van der Waals surface area (Å²) in [7, 11) is 1.51. The summed E-state index contributed by atoms with van der Waals surface area (Å²) < 4.78 is 6.35. The van der Waals surface area contributed by atoms with Crippen molar-refractivity contribution < 1.29 is 9.53 Å². The van der Waals surface area contributed by atoms with Gasteiger partial charge in [0.15, 0.2) is 0 Å². The molecule has 1 heterocycles. The Hall–Kier alpha value is -2.48. The normalized spacial score (nSPS) is 18.2. The molecule has 1 aromatic heterocycles. The van der Waals surface area contributed by atoms with E-state index in [9.17, 15) is 4.79 Å². The van der Waals surface area contributed by atoms with Gasteiger partial charge in [-0.15, -0.1) is 11.6 Å². The lowest BCUT2D eigenvalue weighted by Crippen LogP contribution is -2.31. The Labute approximate surface area is 191 Å². The van der Waals surface area contributed by atoms with Crippen molar-refractivity contribution >= 4 is 67.7 Å². The molecule has 3 N–H and O–H groups in total. The fourth-order valence-corrected chi connectivity index (χ4v) is 3.97. The lowest BCUT2D eigenvalue weighted by atomic mass is 10.1. The highest BCUT2D eigenvalue weighted by molar-refractivity contribution is 9.10. The number of aromatic nitrogens is 2. The minimum Gasteiger partial charge on any atom is -0.496 e. The van der Waals surface area contributed by atoms with E-state index >= 15 is 0 Å². The van der Waals surface area contributed by atoms with E-state index in [0.717, 1.165) is 4.47 Å². The van der Waals surface area contributed by atoms with Crippen LogP contribution in [0.2, 0.25) is 0 Å². The lowest BCUT2D eigenvalue weighted by Gasteiger charge is -2.22. The van der Waals surface area contributed by atoms with Gasteiger partial charge in [-0.25, -0.2) is 4.98 Å². The molecule has 6 nitrogen and oxygen atoms in total. The number of rotatable bonds is 5. The third kappa shape index (κ3) is 4.33. The molecule has 1 aliphatic carbocycles. The number of H-pyrrole nitrogens is 1. The summed E-state index contributed by atoms with van der Waals surface area (Å²) in [6.45, 7) is 0. The van der Waals surface area contributed by atoms with Gasteiger partial charge in [0.1, 0.15) is 5.75 Å². The molecule has 2 atom stereocenters. The molecule has 0 saturated carbocycles. The summed E-state index contributed by atoms with van der Waals surface area (Å²) in [5.74, 6) is 0.628. The van der Waals surface area contributed by atoms with Crippen LogP contribution < -0.4 is 15.4 Å². The first-order valence-corrected chi connectivity index (χ1v) is 10.6. The topological polar surface area (TPSA) is 79.0 Å². The highest BCUT2D eigenvalue weighted by atomic mass is 79.9. The molecule has 0 bridgehead atoms. The summed E-state index contributed by atoms with van der Waals surface area (Å²) in [5, 5.41) is 6.35. The average Bonchev–Trinajstić information content (AvgIpc) is 3.13. The van der Waals surface area contributed by atoms with Gasteiger partial charge >= 0.3 is 0 Å². The number of nitrogens with zero attached hydrogens (tertiary/aromatic N) is 1. The number of carbonyl (C=O) groups excluding carboxylic acids is 1. The number of imidazole rings is 1. The summed E-state index contributed by atoms with van der Waals surface area (Å²) in [6, 6.07) is 10.4. The van der Waals surface area contributed by atoms with Crippen LogP contribution in [0.5, 0.6) is 5.75 Å². The molecule has 4 rings (SSSR count). The summed E-state index contributed by atoms with van der Waals surface area (Å²) in [6.07, 6.45) is 5.45. The molecule has 1 amide bonds. The quantitative estimate of drug-likeness (QED) is 0.389. The standard InChI is InChI=1S/C21H17BrCl2N4O2/c1-30-18-10-17-16(9-13(18)20(29)25-12-7-5-11(22)6-8-12)26-21(27-17)28-19-14(23)3-2-4-15(19)24/h2-10,14,19H,1H3,(H,25,29)(H2,26,27,28). The Balaban J connectivity index is 1.61. The highest BCUT2D eigenvalue weighted by Gasteiger charge is 2.24. The Morgan fingerprint density at radius 3 is 2.73 bits per heavy atom. The molecule has 3 aromatic rings. The van der Waals surface area contributed by atoms with Crippen LogP contribution in [0.25, 0.3) is 11.0 Å². The van der Waals surface area contributed by atoms with E-state index < -0.39 is 0 Å². The monoisotopic (exact) mass is 506 g/mol. The number of carbonyl (C=O) groups is 1. The smallest absolute Gasteiger partial charge is 0.259 e. The maximum atomic E-state index is 12.8. The van der Waals surface area contributed by atoms with E-state index in [4.69, 9.17) is 27.9 Å². The van der Waals surface area contributed by atoms with Gasteiger partial charge in [-0.3, -0.25) is 4.79 Å². The molecule has 154 valence electrons. The number of ether oxygens (including phenoxy) is 1. The van der Waals surface area contributed by atoms with Crippen LogP contribution in [-0.2, 0) is 0 Å². The Bertz CT molecular complexity index is 1160. The Morgan fingerprint density at radius 1 is 1.27 bits per heavy atom. The van der Waals surface area contributed by atoms with Crippen LogP contribution in [0, 0.1) is 0 Å². The maximum absolute atomic E-state index is 12.8. The van der Waals surface area contributed by atoms with Crippen LogP contribution in [0.4, 0.5) is 11.6 Å². The van der Waals surface area contributed by atoms with Crippen LogP contribution in [0.3, 0.4) is 0 Å². The minimum absolute atomic E-state index is 0.288. The molecule has 9 heteroatoms. The number of halogens is 3. The number of fused-ring (bicyclic) bond motifs is 1. The molecule has 0 fully saturated rings. The lowest BCUT2D eigenvalue weighted by molar-refractivity contribution is 0.102. The molecule has 0 radical (unpaired) electrons. The van der Waals surface area contributed by atoms with Crippen molar-refractivity contribution in [2.75, 3.05) is 17.7 Å². The molecular weight excluding hydrogens is 491 g/mol. The number of hydrogen-bond donors (Lipinski definition) is 3. The number of hydrogen-bond acceptors (Lipinski definition) is 4. The molecule has 2 aromatic carbocycles. The zero-order chi connectivity index (χ0) is 21.3. The van der Waals surface area contributed by atoms with E-state index in [1.807, 2.05) is 36.4 Å². The minimum atomic E-state index is -0.308. The molecule has 0 aliphatic heterocycles. The zero-order valence-corrected chi connectivity index (χ0v) is 18.8. The van der Waals surface area contributed by atoms with Crippen molar-refractivity contribution in [3.05, 3.63) is 69.7 Å². The van der Waals surface area contributed by atoms with E-state index in [2.05, 4.69) is 36.5 Å². The van der Waals surface area contributed by atoms with Gasteiger partial charge in [0.05, 0.1) is 35.1 Å². The van der Waals surface area contributed by atoms with Crippen LogP contribution in [0.1, 0.15) is 10.4 Å². The predicted molar refractivity (Wildman–Crippen MR) is 125 cm³/mol. The number of amides is 1. The SMILES string of the molecule is COc1cc2nc(NC3C(Cl)=CC=CC3Cl)[nH]c2cc1C(=O)Nc1ccc(Br)cc1. The molecule has 1 aliphatic rings. The molecular formula is C21H17BrCl2N4O2. The van der Waals surface area contributed by atoms with Crippen molar-refractivity contribution in [3.63, 3.8) is 0 Å². The molecule has 2 unspecified atom stereocenters. The second kappa shape index (κ2) is 8.71. The largest absolute Gasteiger partial charge is 0.496 e. The van der Waals surface area contributed by atoms with Crippen molar-refractivity contribution in [2.45, 2.75) is 11.4 Å². The first kappa shape index (κ1) is 20.8. The van der Waals surface area contributed by atoms with Crippen molar-refractivity contribution in [1.82, 2.24) is 9.97 Å². The highest BCUT2D eigenvalue weighted by Crippen LogP contribution is 2.29. The number of aromatic amines is 1. The molecule has 30 heavy (non-hydrogen) atoms.